The fourth-order valence-electron chi connectivity index (χ4n) is 2.94. The van der Waals surface area contributed by atoms with Crippen LogP contribution in [0.15, 0.2) is 0 Å². The van der Waals surface area contributed by atoms with E-state index in [2.05, 4.69) is 12.2 Å². The molecule has 0 saturated heterocycles. The van der Waals surface area contributed by atoms with Gasteiger partial charge >= 0.3 is 63.3 Å². The predicted octanol–water partition coefficient (Wildman–Crippen LogP) is 3.86. The first-order chi connectivity index (χ1) is 12.5. The van der Waals surface area contributed by atoms with E-state index in [1.165, 1.54) is 64.2 Å². The van der Waals surface area contributed by atoms with Crippen LogP contribution in [0.1, 0.15) is 103 Å². The standard InChI is InChI=1S/C20H37NO5.K.H/c1-2-3-4-5-6-7-8-9-10-11-12-13-14-15-18(22)21-17(20(25)26)16-19(23)24;;/h17H,2-16H2,1H3,(H,21,22)(H,23,24)(H,25,26);;. The molecule has 3 N–H and O–H groups in total. The first-order valence-corrected chi connectivity index (χ1v) is 10.2. The van der Waals surface area contributed by atoms with Crippen molar-refractivity contribution in [2.75, 3.05) is 0 Å². The first-order valence-electron chi connectivity index (χ1n) is 10.2. The van der Waals surface area contributed by atoms with Crippen molar-refractivity contribution in [1.82, 2.24) is 5.32 Å². The molecule has 0 bridgehead atoms. The van der Waals surface area contributed by atoms with Crippen LogP contribution in [0.3, 0.4) is 0 Å². The van der Waals surface area contributed by atoms with Gasteiger partial charge in [-0.25, -0.2) is 4.79 Å². The van der Waals surface area contributed by atoms with Crippen LogP contribution in [0.2, 0.25) is 0 Å². The summed E-state index contributed by atoms with van der Waals surface area (Å²) in [6.45, 7) is 2.23. The SMILES string of the molecule is CCCCCCCCCCCCCCCC(=O)NC(CC(=O)O)C(=O)O.[KH]. The molecule has 0 fully saturated rings. The van der Waals surface area contributed by atoms with Crippen LogP contribution in [-0.4, -0.2) is 85.5 Å². The zero-order valence-corrected chi connectivity index (χ0v) is 16.3. The van der Waals surface area contributed by atoms with Gasteiger partial charge in [0.15, 0.2) is 0 Å². The summed E-state index contributed by atoms with van der Waals surface area (Å²) in [6.07, 6.45) is 15.5. The number of nitrogens with one attached hydrogen (secondary N) is 1. The predicted molar refractivity (Wildman–Crippen MR) is 109 cm³/mol. The molecule has 0 aromatic heterocycles. The molecule has 0 aliphatic heterocycles. The molecule has 6 nitrogen and oxygen atoms in total. The van der Waals surface area contributed by atoms with Crippen molar-refractivity contribution in [1.29, 1.82) is 0 Å². The molecule has 7 heteroatoms. The van der Waals surface area contributed by atoms with Crippen molar-refractivity contribution in [3.05, 3.63) is 0 Å². The average Bonchev–Trinajstić information content (AvgIpc) is 2.58. The number of hydrogen-bond donors (Lipinski definition) is 3. The minimum atomic E-state index is -1.35. The van der Waals surface area contributed by atoms with E-state index in [9.17, 15) is 14.4 Å². The molecule has 0 saturated carbocycles. The molecule has 1 atom stereocenters. The van der Waals surface area contributed by atoms with E-state index in [0.717, 1.165) is 12.8 Å². The van der Waals surface area contributed by atoms with Crippen LogP contribution in [-0.2, 0) is 14.4 Å². The van der Waals surface area contributed by atoms with Crippen molar-refractivity contribution in [2.24, 2.45) is 0 Å². The molecule has 0 aliphatic rings. The second-order valence-corrected chi connectivity index (χ2v) is 7.05. The van der Waals surface area contributed by atoms with E-state index in [0.29, 0.717) is 6.42 Å². The van der Waals surface area contributed by atoms with E-state index in [-0.39, 0.29) is 63.7 Å². The summed E-state index contributed by atoms with van der Waals surface area (Å²) in [5.41, 5.74) is 0. The van der Waals surface area contributed by atoms with Crippen molar-refractivity contribution >= 4 is 69.2 Å². The Morgan fingerprint density at radius 1 is 0.741 bits per heavy atom. The molecule has 0 rings (SSSR count). The van der Waals surface area contributed by atoms with Gasteiger partial charge in [0.2, 0.25) is 5.91 Å². The Labute approximate surface area is 206 Å². The van der Waals surface area contributed by atoms with Gasteiger partial charge in [-0.3, -0.25) is 9.59 Å². The number of carboxylic acids is 2. The van der Waals surface area contributed by atoms with Crippen LogP contribution in [0.25, 0.3) is 0 Å². The second kappa shape index (κ2) is 20.8. The normalized spacial score (nSPS) is 11.4. The number of carbonyl (C=O) groups excluding carboxylic acids is 1. The average molecular weight is 412 g/mol. The van der Waals surface area contributed by atoms with Gasteiger partial charge in [0.25, 0.3) is 0 Å². The Kier molecular flexibility index (Phi) is 22.5. The van der Waals surface area contributed by atoms with Crippen LogP contribution >= 0.6 is 0 Å². The summed E-state index contributed by atoms with van der Waals surface area (Å²) >= 11 is 0. The Hall–Kier alpha value is 0.0464. The fourth-order valence-corrected chi connectivity index (χ4v) is 2.94. The number of carboxylic acid groups (broad SMARTS) is 2. The molecule has 1 amide bonds. The summed E-state index contributed by atoms with van der Waals surface area (Å²) in [5, 5.41) is 19.8. The Balaban J connectivity index is 0. The zero-order valence-electron chi connectivity index (χ0n) is 16.3. The van der Waals surface area contributed by atoms with Crippen molar-refractivity contribution in [3.8, 4) is 0 Å². The van der Waals surface area contributed by atoms with Crippen molar-refractivity contribution < 1.29 is 24.6 Å². The van der Waals surface area contributed by atoms with Crippen LogP contribution in [0.4, 0.5) is 0 Å². The minimum absolute atomic E-state index is 0. The number of hydrogen-bond acceptors (Lipinski definition) is 3. The molecule has 0 spiro atoms. The molecule has 154 valence electrons. The molecule has 0 heterocycles. The van der Waals surface area contributed by atoms with E-state index >= 15 is 0 Å². The van der Waals surface area contributed by atoms with Gasteiger partial charge in [-0.05, 0) is 6.42 Å². The summed E-state index contributed by atoms with van der Waals surface area (Å²) in [6, 6.07) is -1.35. The van der Waals surface area contributed by atoms with Gasteiger partial charge in [-0.15, -0.1) is 0 Å². The van der Waals surface area contributed by atoms with Gasteiger partial charge in [-0.1, -0.05) is 84.0 Å². The molecule has 27 heavy (non-hydrogen) atoms. The maximum absolute atomic E-state index is 11.7. The topological polar surface area (TPSA) is 104 Å². The Bertz CT molecular complexity index is 404. The summed E-state index contributed by atoms with van der Waals surface area (Å²) in [7, 11) is 0. The number of rotatable bonds is 18. The monoisotopic (exact) mass is 411 g/mol. The van der Waals surface area contributed by atoms with Gasteiger partial charge in [0.1, 0.15) is 6.04 Å². The summed E-state index contributed by atoms with van der Waals surface area (Å²) in [4.78, 5) is 33.1. The van der Waals surface area contributed by atoms with Crippen molar-refractivity contribution in [2.45, 2.75) is 109 Å². The third kappa shape index (κ3) is 20.6. The van der Waals surface area contributed by atoms with Crippen LogP contribution in [0, 0.1) is 0 Å². The number of amides is 1. The van der Waals surface area contributed by atoms with Gasteiger partial charge < -0.3 is 15.5 Å². The van der Waals surface area contributed by atoms with E-state index in [1.54, 1.807) is 0 Å². The number of carbonyl (C=O) groups is 3. The molecular weight excluding hydrogens is 373 g/mol. The third-order valence-corrected chi connectivity index (χ3v) is 4.52. The second-order valence-electron chi connectivity index (χ2n) is 7.05. The molecule has 0 radical (unpaired) electrons. The fraction of sp³-hybridized carbons (Fsp3) is 0.850. The van der Waals surface area contributed by atoms with Gasteiger partial charge in [0.05, 0.1) is 6.42 Å². The maximum atomic E-state index is 11.7. The molecular formula is C20H38KNO5. The van der Waals surface area contributed by atoms with Crippen molar-refractivity contribution in [3.63, 3.8) is 0 Å². The third-order valence-electron chi connectivity index (χ3n) is 4.52. The first kappa shape index (κ1) is 29.2. The van der Waals surface area contributed by atoms with Gasteiger partial charge in [-0.2, -0.15) is 0 Å². The summed E-state index contributed by atoms with van der Waals surface area (Å²) < 4.78 is 0. The van der Waals surface area contributed by atoms with E-state index < -0.39 is 24.4 Å². The quantitative estimate of drug-likeness (QED) is 0.235. The molecule has 0 aromatic rings. The molecule has 0 aliphatic carbocycles. The Morgan fingerprint density at radius 3 is 1.52 bits per heavy atom. The van der Waals surface area contributed by atoms with Gasteiger partial charge in [0, 0.05) is 6.42 Å². The molecule has 1 unspecified atom stereocenters. The zero-order chi connectivity index (χ0) is 19.6. The van der Waals surface area contributed by atoms with E-state index in [1.807, 2.05) is 0 Å². The Morgan fingerprint density at radius 2 is 1.15 bits per heavy atom. The molecule has 0 aromatic carbocycles. The van der Waals surface area contributed by atoms with E-state index in [4.69, 9.17) is 10.2 Å². The van der Waals surface area contributed by atoms with Crippen LogP contribution in [0.5, 0.6) is 0 Å². The summed E-state index contributed by atoms with van der Waals surface area (Å²) in [5.74, 6) is -2.94. The number of aliphatic carboxylic acids is 2. The number of unbranched alkanes of at least 4 members (excludes halogenated alkanes) is 12. The van der Waals surface area contributed by atoms with Crippen LogP contribution < -0.4 is 5.32 Å².